The zero-order valence-electron chi connectivity index (χ0n) is 8.63. The van der Waals surface area contributed by atoms with Crippen LogP contribution in [0.4, 0.5) is 0 Å². The van der Waals surface area contributed by atoms with Gasteiger partial charge in [0, 0.05) is 11.0 Å². The predicted octanol–water partition coefficient (Wildman–Crippen LogP) is 2.96. The minimum absolute atomic E-state index is 0.241. The van der Waals surface area contributed by atoms with Crippen LogP contribution >= 0.6 is 27.5 Å². The van der Waals surface area contributed by atoms with E-state index in [0.29, 0.717) is 0 Å². The maximum Gasteiger partial charge on any atom is 0.0548 e. The fraction of sp³-hybridized carbons (Fsp3) is 0.455. The number of aliphatic hydroxyl groups excluding tert-OH is 1. The van der Waals surface area contributed by atoms with Crippen molar-refractivity contribution < 1.29 is 5.11 Å². The van der Waals surface area contributed by atoms with Gasteiger partial charge in [0.1, 0.15) is 0 Å². The van der Waals surface area contributed by atoms with Crippen molar-refractivity contribution in [3.63, 3.8) is 0 Å². The van der Waals surface area contributed by atoms with Crippen LogP contribution in [0.2, 0.25) is 5.02 Å². The van der Waals surface area contributed by atoms with E-state index in [1.807, 2.05) is 18.2 Å². The summed E-state index contributed by atoms with van der Waals surface area (Å²) in [6, 6.07) is 5.86. The third kappa shape index (κ3) is 4.98. The van der Waals surface area contributed by atoms with Gasteiger partial charge in [0.2, 0.25) is 0 Å². The number of nitrogens with one attached hydrogen (secondary N) is 1. The molecule has 4 heteroatoms. The molecule has 0 aliphatic heterocycles. The second-order valence-electron chi connectivity index (χ2n) is 3.56. The molecule has 0 bridgehead atoms. The molecule has 0 aliphatic carbocycles. The Balaban J connectivity index is 2.35. The lowest BCUT2D eigenvalue weighted by molar-refractivity contribution is 0.183. The number of hydrogen-bond donors (Lipinski definition) is 2. The first kappa shape index (κ1) is 13.0. The Hall–Kier alpha value is -0.0900. The van der Waals surface area contributed by atoms with Crippen LogP contribution in [-0.2, 0) is 6.54 Å². The molecule has 84 valence electrons. The van der Waals surface area contributed by atoms with Crippen molar-refractivity contribution in [3.8, 4) is 0 Å². The standard InChI is InChI=1S/C11H15BrClNO/c1-8(15)4-5-14-7-9-2-3-11(13)10(12)6-9/h2-3,6,8,14-15H,4-5,7H2,1H3/t8-/m0/s1. The quantitative estimate of drug-likeness (QED) is 0.818. The maximum absolute atomic E-state index is 9.07. The van der Waals surface area contributed by atoms with E-state index in [0.717, 1.165) is 29.0 Å². The van der Waals surface area contributed by atoms with E-state index < -0.39 is 0 Å². The smallest absolute Gasteiger partial charge is 0.0548 e. The minimum Gasteiger partial charge on any atom is -0.393 e. The van der Waals surface area contributed by atoms with Gasteiger partial charge in [-0.1, -0.05) is 17.7 Å². The Morgan fingerprint density at radius 3 is 2.87 bits per heavy atom. The predicted molar refractivity (Wildman–Crippen MR) is 67.2 cm³/mol. The summed E-state index contributed by atoms with van der Waals surface area (Å²) < 4.78 is 0.916. The molecule has 0 saturated carbocycles. The lowest BCUT2D eigenvalue weighted by Crippen LogP contribution is -2.18. The lowest BCUT2D eigenvalue weighted by Gasteiger charge is -2.07. The van der Waals surface area contributed by atoms with Crippen molar-refractivity contribution >= 4 is 27.5 Å². The molecule has 1 aromatic rings. The first-order valence-corrected chi connectivity index (χ1v) is 6.09. The Morgan fingerprint density at radius 1 is 1.53 bits per heavy atom. The van der Waals surface area contributed by atoms with Gasteiger partial charge < -0.3 is 10.4 Å². The van der Waals surface area contributed by atoms with Gasteiger partial charge in [0.25, 0.3) is 0 Å². The molecule has 2 nitrogen and oxygen atoms in total. The number of benzene rings is 1. The lowest BCUT2D eigenvalue weighted by atomic mass is 10.2. The van der Waals surface area contributed by atoms with Crippen LogP contribution < -0.4 is 5.32 Å². The average molecular weight is 293 g/mol. The third-order valence-electron chi connectivity index (χ3n) is 2.05. The van der Waals surface area contributed by atoms with E-state index in [-0.39, 0.29) is 6.10 Å². The SMILES string of the molecule is C[C@H](O)CCNCc1ccc(Cl)c(Br)c1. The Labute approximate surface area is 104 Å². The number of rotatable bonds is 5. The topological polar surface area (TPSA) is 32.3 Å². The zero-order valence-corrected chi connectivity index (χ0v) is 11.0. The van der Waals surface area contributed by atoms with Crippen molar-refractivity contribution in [1.29, 1.82) is 0 Å². The molecule has 1 aromatic carbocycles. The van der Waals surface area contributed by atoms with Crippen molar-refractivity contribution in [2.75, 3.05) is 6.54 Å². The molecule has 0 aliphatic rings. The largest absolute Gasteiger partial charge is 0.393 e. The molecule has 15 heavy (non-hydrogen) atoms. The van der Waals surface area contributed by atoms with Crippen LogP contribution in [0.5, 0.6) is 0 Å². The van der Waals surface area contributed by atoms with Gasteiger partial charge in [-0.25, -0.2) is 0 Å². The fourth-order valence-corrected chi connectivity index (χ4v) is 1.74. The highest BCUT2D eigenvalue weighted by Crippen LogP contribution is 2.22. The van der Waals surface area contributed by atoms with Crippen LogP contribution in [0.1, 0.15) is 18.9 Å². The van der Waals surface area contributed by atoms with E-state index in [9.17, 15) is 0 Å². The van der Waals surface area contributed by atoms with Crippen LogP contribution in [0.15, 0.2) is 22.7 Å². The highest BCUT2D eigenvalue weighted by atomic mass is 79.9. The van der Waals surface area contributed by atoms with Crippen molar-refractivity contribution in [1.82, 2.24) is 5.32 Å². The van der Waals surface area contributed by atoms with Crippen LogP contribution in [0.3, 0.4) is 0 Å². The summed E-state index contributed by atoms with van der Waals surface area (Å²) in [5.74, 6) is 0. The fourth-order valence-electron chi connectivity index (χ4n) is 1.19. The van der Waals surface area contributed by atoms with Gasteiger partial charge in [-0.05, 0) is 53.5 Å². The third-order valence-corrected chi connectivity index (χ3v) is 3.27. The van der Waals surface area contributed by atoms with Gasteiger partial charge in [-0.15, -0.1) is 0 Å². The summed E-state index contributed by atoms with van der Waals surface area (Å²) in [6.07, 6.45) is 0.531. The van der Waals surface area contributed by atoms with Gasteiger partial charge in [0.05, 0.1) is 11.1 Å². The van der Waals surface area contributed by atoms with Crippen molar-refractivity contribution in [2.24, 2.45) is 0 Å². The van der Waals surface area contributed by atoms with Gasteiger partial charge in [-0.2, -0.15) is 0 Å². The van der Waals surface area contributed by atoms with Gasteiger partial charge in [0.15, 0.2) is 0 Å². The summed E-state index contributed by atoms with van der Waals surface area (Å²) in [5, 5.41) is 13.0. The second kappa shape index (κ2) is 6.48. The van der Waals surface area contributed by atoms with Gasteiger partial charge in [-0.3, -0.25) is 0 Å². The minimum atomic E-state index is -0.241. The first-order chi connectivity index (χ1) is 7.09. The highest BCUT2D eigenvalue weighted by Gasteiger charge is 1.99. The average Bonchev–Trinajstić information content (AvgIpc) is 2.18. The van der Waals surface area contributed by atoms with Crippen molar-refractivity contribution in [2.45, 2.75) is 26.0 Å². The molecule has 1 rings (SSSR count). The molecule has 0 spiro atoms. The van der Waals surface area contributed by atoms with Crippen molar-refractivity contribution in [3.05, 3.63) is 33.3 Å². The molecule has 0 unspecified atom stereocenters. The summed E-state index contributed by atoms with van der Waals surface area (Å²) in [7, 11) is 0. The normalized spacial score (nSPS) is 12.8. The summed E-state index contributed by atoms with van der Waals surface area (Å²) in [5.41, 5.74) is 1.18. The van der Waals surface area contributed by atoms with E-state index in [4.69, 9.17) is 16.7 Å². The molecule has 0 fully saturated rings. The Morgan fingerprint density at radius 2 is 2.27 bits per heavy atom. The molecule has 0 saturated heterocycles. The molecule has 0 amide bonds. The van der Waals surface area contributed by atoms with E-state index >= 15 is 0 Å². The monoisotopic (exact) mass is 291 g/mol. The molecular formula is C11H15BrClNO. The van der Waals surface area contributed by atoms with Crippen LogP contribution in [-0.4, -0.2) is 17.8 Å². The Kier molecular flexibility index (Phi) is 5.61. The summed E-state index contributed by atoms with van der Waals surface area (Å²) in [6.45, 7) is 3.40. The van der Waals surface area contributed by atoms with E-state index in [1.54, 1.807) is 6.92 Å². The zero-order chi connectivity index (χ0) is 11.3. The van der Waals surface area contributed by atoms with E-state index in [1.165, 1.54) is 5.56 Å². The molecule has 0 heterocycles. The molecule has 0 radical (unpaired) electrons. The number of hydrogen-bond acceptors (Lipinski definition) is 2. The first-order valence-electron chi connectivity index (χ1n) is 4.92. The number of halogens is 2. The molecule has 2 N–H and O–H groups in total. The molecule has 1 atom stereocenters. The molecular weight excluding hydrogens is 277 g/mol. The summed E-state index contributed by atoms with van der Waals surface area (Å²) >= 11 is 9.26. The summed E-state index contributed by atoms with van der Waals surface area (Å²) in [4.78, 5) is 0. The second-order valence-corrected chi connectivity index (χ2v) is 4.82. The van der Waals surface area contributed by atoms with E-state index in [2.05, 4.69) is 21.2 Å². The van der Waals surface area contributed by atoms with Gasteiger partial charge >= 0.3 is 0 Å². The Bertz CT molecular complexity index is 317. The van der Waals surface area contributed by atoms with Crippen LogP contribution in [0.25, 0.3) is 0 Å². The number of aliphatic hydroxyl groups is 1. The van der Waals surface area contributed by atoms with Crippen LogP contribution in [0, 0.1) is 0 Å². The highest BCUT2D eigenvalue weighted by molar-refractivity contribution is 9.10. The maximum atomic E-state index is 9.07. The molecule has 0 aromatic heterocycles.